The van der Waals surface area contributed by atoms with Crippen LogP contribution < -0.4 is 10.6 Å². The zero-order chi connectivity index (χ0) is 19.3. The van der Waals surface area contributed by atoms with Crippen molar-refractivity contribution in [2.24, 2.45) is 0 Å². The van der Waals surface area contributed by atoms with Crippen LogP contribution in [0.25, 0.3) is 0 Å². The number of benzene rings is 2. The van der Waals surface area contributed by atoms with Gasteiger partial charge < -0.3 is 10.1 Å². The third kappa shape index (κ3) is 6.08. The fourth-order valence-corrected chi connectivity index (χ4v) is 2.46. The molecule has 0 aliphatic heterocycles. The second-order valence-corrected chi connectivity index (χ2v) is 7.39. The maximum atomic E-state index is 12.4. The molecule has 0 bridgehead atoms. The number of ether oxygens (including phenoxy) is 1. The summed E-state index contributed by atoms with van der Waals surface area (Å²) in [7, 11) is 0. The van der Waals surface area contributed by atoms with Crippen LogP contribution in [-0.2, 0) is 4.74 Å². The Labute approximate surface area is 158 Å². The first-order valence-electron chi connectivity index (χ1n) is 8.30. The van der Waals surface area contributed by atoms with Gasteiger partial charge in [-0.2, -0.15) is 0 Å². The summed E-state index contributed by atoms with van der Waals surface area (Å²) in [6.45, 7) is 7.27. The lowest BCUT2D eigenvalue weighted by molar-refractivity contribution is 0.0635. The molecule has 6 heteroatoms. The third-order valence-electron chi connectivity index (χ3n) is 3.49. The monoisotopic (exact) mass is 374 g/mol. The van der Waals surface area contributed by atoms with Crippen molar-refractivity contribution in [3.63, 3.8) is 0 Å². The highest BCUT2D eigenvalue weighted by Crippen LogP contribution is 2.18. The molecule has 0 heterocycles. The van der Waals surface area contributed by atoms with Gasteiger partial charge in [0.15, 0.2) is 0 Å². The Morgan fingerprint density at radius 3 is 2.31 bits per heavy atom. The standard InChI is InChI=1S/C20H23ClN2O3/c1-13(15-6-5-7-16(21)12-15)22-18(24)14-8-10-17(11-9-14)23-19(25)26-20(2,3)4/h5-13H,1-4H3,(H,22,24)(H,23,25)/t13-/m1/s1. The van der Waals surface area contributed by atoms with Gasteiger partial charge in [0, 0.05) is 16.3 Å². The van der Waals surface area contributed by atoms with Crippen LogP contribution in [-0.4, -0.2) is 17.6 Å². The van der Waals surface area contributed by atoms with Crippen LogP contribution in [0.15, 0.2) is 48.5 Å². The van der Waals surface area contributed by atoms with Gasteiger partial charge in [-0.15, -0.1) is 0 Å². The van der Waals surface area contributed by atoms with Crippen LogP contribution in [0, 0.1) is 0 Å². The lowest BCUT2D eigenvalue weighted by atomic mass is 10.1. The second kappa shape index (κ2) is 8.23. The van der Waals surface area contributed by atoms with Crippen molar-refractivity contribution in [3.8, 4) is 0 Å². The normalized spacial score (nSPS) is 12.2. The molecule has 2 aromatic carbocycles. The molecule has 138 valence electrons. The number of nitrogens with one attached hydrogen (secondary N) is 2. The minimum atomic E-state index is -0.569. The van der Waals surface area contributed by atoms with E-state index in [1.54, 1.807) is 51.1 Å². The molecular weight excluding hydrogens is 352 g/mol. The van der Waals surface area contributed by atoms with Gasteiger partial charge in [0.05, 0.1) is 6.04 Å². The Kier molecular flexibility index (Phi) is 6.27. The molecule has 2 amide bonds. The molecule has 2 rings (SSSR count). The van der Waals surface area contributed by atoms with E-state index in [4.69, 9.17) is 16.3 Å². The Balaban J connectivity index is 1.97. The summed E-state index contributed by atoms with van der Waals surface area (Å²) in [5, 5.41) is 6.18. The molecule has 0 spiro atoms. The van der Waals surface area contributed by atoms with Gasteiger partial charge in [0.2, 0.25) is 0 Å². The van der Waals surface area contributed by atoms with Gasteiger partial charge in [-0.1, -0.05) is 23.7 Å². The van der Waals surface area contributed by atoms with Crippen LogP contribution in [0.4, 0.5) is 10.5 Å². The van der Waals surface area contributed by atoms with Crippen molar-refractivity contribution in [1.82, 2.24) is 5.32 Å². The number of hydrogen-bond acceptors (Lipinski definition) is 3. The molecule has 0 aliphatic carbocycles. The number of rotatable bonds is 4. The number of hydrogen-bond donors (Lipinski definition) is 2. The minimum absolute atomic E-state index is 0.180. The van der Waals surface area contributed by atoms with E-state index in [2.05, 4.69) is 10.6 Å². The minimum Gasteiger partial charge on any atom is -0.444 e. The fraction of sp³-hybridized carbons (Fsp3) is 0.300. The van der Waals surface area contributed by atoms with Gasteiger partial charge in [-0.3, -0.25) is 10.1 Å². The molecule has 2 aromatic rings. The zero-order valence-electron chi connectivity index (χ0n) is 15.3. The average molecular weight is 375 g/mol. The predicted octanol–water partition coefficient (Wildman–Crippen LogP) is 5.18. The predicted molar refractivity (Wildman–Crippen MR) is 104 cm³/mol. The number of carbonyl (C=O) groups is 2. The molecule has 2 N–H and O–H groups in total. The first-order valence-corrected chi connectivity index (χ1v) is 8.68. The Hall–Kier alpha value is -2.53. The van der Waals surface area contributed by atoms with Crippen LogP contribution in [0.1, 0.15) is 49.7 Å². The molecule has 0 radical (unpaired) electrons. The van der Waals surface area contributed by atoms with E-state index in [1.807, 2.05) is 25.1 Å². The smallest absolute Gasteiger partial charge is 0.412 e. The van der Waals surface area contributed by atoms with Crippen LogP contribution in [0.3, 0.4) is 0 Å². The lowest BCUT2D eigenvalue weighted by Crippen LogP contribution is -2.27. The number of amides is 2. The van der Waals surface area contributed by atoms with E-state index in [0.717, 1.165) is 5.56 Å². The maximum absolute atomic E-state index is 12.4. The van der Waals surface area contributed by atoms with Crippen molar-refractivity contribution in [1.29, 1.82) is 0 Å². The molecule has 0 fully saturated rings. The van der Waals surface area contributed by atoms with Gasteiger partial charge in [0.1, 0.15) is 5.60 Å². The summed E-state index contributed by atoms with van der Waals surface area (Å²) in [6, 6.07) is 13.8. The number of carbonyl (C=O) groups excluding carboxylic acids is 2. The van der Waals surface area contributed by atoms with E-state index in [1.165, 1.54) is 0 Å². The van der Waals surface area contributed by atoms with Gasteiger partial charge in [-0.05, 0) is 69.7 Å². The van der Waals surface area contributed by atoms with Crippen molar-refractivity contribution in [2.75, 3.05) is 5.32 Å². The number of anilines is 1. The molecule has 5 nitrogen and oxygen atoms in total. The quantitative estimate of drug-likeness (QED) is 0.774. The molecule has 26 heavy (non-hydrogen) atoms. The largest absolute Gasteiger partial charge is 0.444 e. The maximum Gasteiger partial charge on any atom is 0.412 e. The van der Waals surface area contributed by atoms with Crippen molar-refractivity contribution < 1.29 is 14.3 Å². The molecule has 0 aliphatic rings. The molecule has 0 saturated carbocycles. The first-order chi connectivity index (χ1) is 12.1. The van der Waals surface area contributed by atoms with E-state index in [0.29, 0.717) is 16.3 Å². The highest BCUT2D eigenvalue weighted by molar-refractivity contribution is 6.30. The van der Waals surface area contributed by atoms with E-state index in [-0.39, 0.29) is 11.9 Å². The molecule has 1 atom stereocenters. The van der Waals surface area contributed by atoms with Crippen LogP contribution >= 0.6 is 11.6 Å². The van der Waals surface area contributed by atoms with Crippen LogP contribution in [0.2, 0.25) is 5.02 Å². The molecule has 0 saturated heterocycles. The van der Waals surface area contributed by atoms with E-state index in [9.17, 15) is 9.59 Å². The van der Waals surface area contributed by atoms with Crippen molar-refractivity contribution >= 4 is 29.3 Å². The lowest BCUT2D eigenvalue weighted by Gasteiger charge is -2.19. The Bertz CT molecular complexity index is 782. The van der Waals surface area contributed by atoms with Gasteiger partial charge >= 0.3 is 6.09 Å². The summed E-state index contributed by atoms with van der Waals surface area (Å²) < 4.78 is 5.19. The highest BCUT2D eigenvalue weighted by atomic mass is 35.5. The average Bonchev–Trinajstić information content (AvgIpc) is 2.53. The second-order valence-electron chi connectivity index (χ2n) is 6.95. The van der Waals surface area contributed by atoms with E-state index < -0.39 is 11.7 Å². The van der Waals surface area contributed by atoms with E-state index >= 15 is 0 Å². The summed E-state index contributed by atoms with van der Waals surface area (Å²) >= 11 is 5.98. The summed E-state index contributed by atoms with van der Waals surface area (Å²) in [5.74, 6) is -0.207. The Morgan fingerprint density at radius 1 is 1.08 bits per heavy atom. The zero-order valence-corrected chi connectivity index (χ0v) is 16.1. The van der Waals surface area contributed by atoms with Gasteiger partial charge in [-0.25, -0.2) is 4.79 Å². The summed E-state index contributed by atoms with van der Waals surface area (Å²) in [6.07, 6.45) is -0.538. The summed E-state index contributed by atoms with van der Waals surface area (Å²) in [4.78, 5) is 24.1. The molecular formula is C20H23ClN2O3. The Morgan fingerprint density at radius 2 is 1.73 bits per heavy atom. The third-order valence-corrected chi connectivity index (χ3v) is 3.72. The van der Waals surface area contributed by atoms with Crippen LogP contribution in [0.5, 0.6) is 0 Å². The number of halogens is 1. The summed E-state index contributed by atoms with van der Waals surface area (Å²) in [5.41, 5.74) is 1.40. The molecule has 0 aromatic heterocycles. The van der Waals surface area contributed by atoms with Gasteiger partial charge in [0.25, 0.3) is 5.91 Å². The molecule has 0 unspecified atom stereocenters. The highest BCUT2D eigenvalue weighted by Gasteiger charge is 2.16. The van der Waals surface area contributed by atoms with Crippen molar-refractivity contribution in [2.45, 2.75) is 39.3 Å². The van der Waals surface area contributed by atoms with Crippen molar-refractivity contribution in [3.05, 3.63) is 64.7 Å². The topological polar surface area (TPSA) is 67.4 Å². The SMILES string of the molecule is C[C@@H](NC(=O)c1ccc(NC(=O)OC(C)(C)C)cc1)c1cccc(Cl)c1. The first kappa shape index (κ1) is 19.8. The fourth-order valence-electron chi connectivity index (χ4n) is 2.27.